The second-order valence-corrected chi connectivity index (χ2v) is 5.06. The molecule has 0 saturated carbocycles. The SMILES string of the molecule is Cn1c(NCCC2CCNC2)nc2ccccc21. The molecule has 2 aromatic rings. The third kappa shape index (κ3) is 2.20. The molecule has 2 heterocycles. The Morgan fingerprint density at radius 1 is 1.44 bits per heavy atom. The van der Waals surface area contributed by atoms with Crippen LogP contribution >= 0.6 is 0 Å². The van der Waals surface area contributed by atoms with Gasteiger partial charge in [0.15, 0.2) is 0 Å². The number of para-hydroxylation sites is 2. The van der Waals surface area contributed by atoms with Crippen LogP contribution in [0.25, 0.3) is 11.0 Å². The van der Waals surface area contributed by atoms with E-state index in [4.69, 9.17) is 0 Å². The molecule has 4 heteroatoms. The van der Waals surface area contributed by atoms with Crippen molar-refractivity contribution in [1.82, 2.24) is 14.9 Å². The van der Waals surface area contributed by atoms with Crippen molar-refractivity contribution in [1.29, 1.82) is 0 Å². The fourth-order valence-corrected chi connectivity index (χ4v) is 2.65. The molecule has 0 aliphatic carbocycles. The predicted octanol–water partition coefficient (Wildman–Crippen LogP) is 1.98. The van der Waals surface area contributed by atoms with Gasteiger partial charge in [0.25, 0.3) is 0 Å². The molecule has 96 valence electrons. The Kier molecular flexibility index (Phi) is 3.19. The van der Waals surface area contributed by atoms with Crippen molar-refractivity contribution in [3.8, 4) is 0 Å². The van der Waals surface area contributed by atoms with Gasteiger partial charge in [-0.05, 0) is 44.0 Å². The first-order valence-electron chi connectivity index (χ1n) is 6.70. The van der Waals surface area contributed by atoms with E-state index in [0.717, 1.165) is 23.9 Å². The summed E-state index contributed by atoms with van der Waals surface area (Å²) < 4.78 is 2.13. The molecule has 2 N–H and O–H groups in total. The Hall–Kier alpha value is -1.55. The van der Waals surface area contributed by atoms with Gasteiger partial charge in [0.05, 0.1) is 11.0 Å². The number of anilines is 1. The number of fused-ring (bicyclic) bond motifs is 1. The first-order chi connectivity index (χ1) is 8.84. The van der Waals surface area contributed by atoms with E-state index in [2.05, 4.69) is 45.4 Å². The summed E-state index contributed by atoms with van der Waals surface area (Å²) in [6.45, 7) is 3.35. The molecule has 1 aliphatic heterocycles. The lowest BCUT2D eigenvalue weighted by Gasteiger charge is -2.09. The number of aryl methyl sites for hydroxylation is 1. The largest absolute Gasteiger partial charge is 0.356 e. The molecule has 0 radical (unpaired) electrons. The average Bonchev–Trinajstić information content (AvgIpc) is 3.00. The molecule has 1 fully saturated rings. The zero-order valence-electron chi connectivity index (χ0n) is 10.8. The molecular weight excluding hydrogens is 224 g/mol. The highest BCUT2D eigenvalue weighted by Crippen LogP contribution is 2.18. The van der Waals surface area contributed by atoms with Crippen molar-refractivity contribution in [2.45, 2.75) is 12.8 Å². The highest BCUT2D eigenvalue weighted by Gasteiger charge is 2.14. The molecule has 0 amide bonds. The van der Waals surface area contributed by atoms with Gasteiger partial charge in [0.1, 0.15) is 0 Å². The van der Waals surface area contributed by atoms with Gasteiger partial charge in [-0.1, -0.05) is 12.1 Å². The van der Waals surface area contributed by atoms with Crippen molar-refractivity contribution in [2.75, 3.05) is 25.0 Å². The number of nitrogens with zero attached hydrogens (tertiary/aromatic N) is 2. The highest BCUT2D eigenvalue weighted by molar-refractivity contribution is 5.78. The number of aromatic nitrogens is 2. The predicted molar refractivity (Wildman–Crippen MR) is 74.8 cm³/mol. The van der Waals surface area contributed by atoms with Crippen LogP contribution < -0.4 is 10.6 Å². The van der Waals surface area contributed by atoms with Crippen molar-refractivity contribution in [3.63, 3.8) is 0 Å². The number of benzene rings is 1. The summed E-state index contributed by atoms with van der Waals surface area (Å²) in [7, 11) is 2.06. The van der Waals surface area contributed by atoms with Crippen LogP contribution in [0.4, 0.5) is 5.95 Å². The molecule has 1 saturated heterocycles. The number of imidazole rings is 1. The molecule has 1 aromatic heterocycles. The first-order valence-corrected chi connectivity index (χ1v) is 6.70. The van der Waals surface area contributed by atoms with E-state index in [1.807, 2.05) is 6.07 Å². The standard InChI is InChI=1S/C14H20N4/c1-18-13-5-3-2-4-12(13)17-14(18)16-9-7-11-6-8-15-10-11/h2-5,11,15H,6-10H2,1H3,(H,16,17). The second-order valence-electron chi connectivity index (χ2n) is 5.06. The maximum absolute atomic E-state index is 4.61. The van der Waals surface area contributed by atoms with Crippen molar-refractivity contribution >= 4 is 17.0 Å². The molecule has 3 rings (SSSR count). The maximum Gasteiger partial charge on any atom is 0.203 e. The summed E-state index contributed by atoms with van der Waals surface area (Å²) in [5.74, 6) is 1.80. The van der Waals surface area contributed by atoms with E-state index in [0.29, 0.717) is 0 Å². The minimum absolute atomic E-state index is 0.826. The van der Waals surface area contributed by atoms with Crippen molar-refractivity contribution in [2.24, 2.45) is 13.0 Å². The van der Waals surface area contributed by atoms with E-state index in [9.17, 15) is 0 Å². The van der Waals surface area contributed by atoms with Crippen LogP contribution in [0.2, 0.25) is 0 Å². The van der Waals surface area contributed by atoms with Gasteiger partial charge in [-0.3, -0.25) is 0 Å². The van der Waals surface area contributed by atoms with Crippen LogP contribution in [0.3, 0.4) is 0 Å². The Morgan fingerprint density at radius 3 is 3.11 bits per heavy atom. The molecule has 18 heavy (non-hydrogen) atoms. The number of hydrogen-bond donors (Lipinski definition) is 2. The van der Waals surface area contributed by atoms with E-state index in [-0.39, 0.29) is 0 Å². The smallest absolute Gasteiger partial charge is 0.203 e. The topological polar surface area (TPSA) is 41.9 Å². The summed E-state index contributed by atoms with van der Waals surface area (Å²) in [4.78, 5) is 4.61. The quantitative estimate of drug-likeness (QED) is 0.864. The lowest BCUT2D eigenvalue weighted by Crippen LogP contribution is -2.14. The number of rotatable bonds is 4. The lowest BCUT2D eigenvalue weighted by atomic mass is 10.1. The first kappa shape index (κ1) is 11.5. The zero-order chi connectivity index (χ0) is 12.4. The molecular formula is C14H20N4. The summed E-state index contributed by atoms with van der Waals surface area (Å²) in [5.41, 5.74) is 2.24. The monoisotopic (exact) mass is 244 g/mol. The van der Waals surface area contributed by atoms with Gasteiger partial charge in [0.2, 0.25) is 5.95 Å². The minimum Gasteiger partial charge on any atom is -0.356 e. The third-order valence-corrected chi connectivity index (χ3v) is 3.79. The zero-order valence-corrected chi connectivity index (χ0v) is 10.8. The molecule has 0 spiro atoms. The summed E-state index contributed by atoms with van der Waals surface area (Å²) >= 11 is 0. The molecule has 1 atom stereocenters. The van der Waals surface area contributed by atoms with E-state index >= 15 is 0 Å². The average molecular weight is 244 g/mol. The fraction of sp³-hybridized carbons (Fsp3) is 0.500. The molecule has 1 aliphatic rings. The van der Waals surface area contributed by atoms with Crippen LogP contribution in [0, 0.1) is 5.92 Å². The van der Waals surface area contributed by atoms with Gasteiger partial charge in [0, 0.05) is 13.6 Å². The number of nitrogens with one attached hydrogen (secondary N) is 2. The maximum atomic E-state index is 4.61. The normalized spacial score (nSPS) is 19.5. The van der Waals surface area contributed by atoms with E-state index in [1.54, 1.807) is 0 Å². The molecule has 1 aromatic carbocycles. The Bertz CT molecular complexity index is 526. The molecule has 4 nitrogen and oxygen atoms in total. The lowest BCUT2D eigenvalue weighted by molar-refractivity contribution is 0.548. The van der Waals surface area contributed by atoms with Crippen LogP contribution in [0.5, 0.6) is 0 Å². The van der Waals surface area contributed by atoms with Gasteiger partial charge in [-0.25, -0.2) is 4.98 Å². The summed E-state index contributed by atoms with van der Waals surface area (Å²) in [5, 5.41) is 6.86. The van der Waals surface area contributed by atoms with Crippen LogP contribution in [0.15, 0.2) is 24.3 Å². The Morgan fingerprint density at radius 2 is 2.33 bits per heavy atom. The van der Waals surface area contributed by atoms with Gasteiger partial charge in [-0.2, -0.15) is 0 Å². The van der Waals surface area contributed by atoms with Crippen molar-refractivity contribution in [3.05, 3.63) is 24.3 Å². The third-order valence-electron chi connectivity index (χ3n) is 3.79. The number of hydrogen-bond acceptors (Lipinski definition) is 3. The van der Waals surface area contributed by atoms with Gasteiger partial charge < -0.3 is 15.2 Å². The van der Waals surface area contributed by atoms with Crippen LogP contribution in [0.1, 0.15) is 12.8 Å². The van der Waals surface area contributed by atoms with E-state index in [1.165, 1.54) is 31.4 Å². The minimum atomic E-state index is 0.826. The van der Waals surface area contributed by atoms with Crippen molar-refractivity contribution < 1.29 is 0 Å². The Balaban J connectivity index is 1.65. The second kappa shape index (κ2) is 4.98. The van der Waals surface area contributed by atoms with Crippen LogP contribution in [-0.4, -0.2) is 29.2 Å². The van der Waals surface area contributed by atoms with Gasteiger partial charge in [-0.15, -0.1) is 0 Å². The molecule has 0 bridgehead atoms. The highest BCUT2D eigenvalue weighted by atomic mass is 15.2. The molecule has 1 unspecified atom stereocenters. The van der Waals surface area contributed by atoms with Gasteiger partial charge >= 0.3 is 0 Å². The Labute approximate surface area is 107 Å². The van der Waals surface area contributed by atoms with Crippen LogP contribution in [-0.2, 0) is 7.05 Å². The summed E-state index contributed by atoms with van der Waals surface area (Å²) in [6.07, 6.45) is 2.53. The summed E-state index contributed by atoms with van der Waals surface area (Å²) in [6, 6.07) is 8.25. The fourth-order valence-electron chi connectivity index (χ4n) is 2.65. The van der Waals surface area contributed by atoms with E-state index < -0.39 is 0 Å².